The molecule has 21 heavy (non-hydrogen) atoms. The topological polar surface area (TPSA) is 49.4 Å². The summed E-state index contributed by atoms with van der Waals surface area (Å²) in [6.45, 7) is 2.91. The molecule has 0 amide bonds. The third-order valence-electron chi connectivity index (χ3n) is 3.71. The minimum Gasteiger partial charge on any atom is -0.313 e. The van der Waals surface area contributed by atoms with Crippen molar-refractivity contribution in [1.29, 1.82) is 0 Å². The van der Waals surface area contributed by atoms with Crippen LogP contribution in [-0.2, 0) is 10.0 Å². The van der Waals surface area contributed by atoms with Crippen LogP contribution in [0.15, 0.2) is 23.1 Å². The van der Waals surface area contributed by atoms with Crippen molar-refractivity contribution in [1.82, 2.24) is 9.62 Å². The number of sulfonamides is 1. The average molecular weight is 318 g/mol. The molecule has 7 heteroatoms. The fourth-order valence-corrected chi connectivity index (χ4v) is 4.18. The zero-order chi connectivity index (χ0) is 15.5. The van der Waals surface area contributed by atoms with E-state index in [0.717, 1.165) is 48.3 Å². The van der Waals surface area contributed by atoms with Crippen LogP contribution in [-0.4, -0.2) is 38.4 Å². The molecule has 4 nitrogen and oxygen atoms in total. The summed E-state index contributed by atoms with van der Waals surface area (Å²) in [7, 11) is -4.17. The van der Waals surface area contributed by atoms with Gasteiger partial charge in [-0.25, -0.2) is 17.2 Å². The summed E-state index contributed by atoms with van der Waals surface area (Å²) in [4.78, 5) is -0.859. The van der Waals surface area contributed by atoms with Gasteiger partial charge in [0.15, 0.2) is 4.90 Å². The maximum atomic E-state index is 13.8. The van der Waals surface area contributed by atoms with Crippen molar-refractivity contribution in [3.8, 4) is 0 Å². The van der Waals surface area contributed by atoms with E-state index in [2.05, 4.69) is 5.32 Å². The Hall–Kier alpha value is -1.05. The highest BCUT2D eigenvalue weighted by Gasteiger charge is 2.31. The van der Waals surface area contributed by atoms with Gasteiger partial charge in [-0.1, -0.05) is 19.4 Å². The van der Waals surface area contributed by atoms with Gasteiger partial charge in [-0.3, -0.25) is 0 Å². The Balaban J connectivity index is 2.27. The van der Waals surface area contributed by atoms with Crippen LogP contribution in [0.3, 0.4) is 0 Å². The van der Waals surface area contributed by atoms with Crippen molar-refractivity contribution in [2.45, 2.75) is 37.1 Å². The molecule has 1 fully saturated rings. The highest BCUT2D eigenvalue weighted by atomic mass is 32.2. The number of hydrogen-bond acceptors (Lipinski definition) is 3. The number of halogens is 2. The lowest BCUT2D eigenvalue weighted by Gasteiger charge is -2.29. The Morgan fingerprint density at radius 2 is 1.95 bits per heavy atom. The molecule has 1 N–H and O–H groups in total. The minimum atomic E-state index is -4.17. The Morgan fingerprint density at radius 1 is 1.29 bits per heavy atom. The van der Waals surface area contributed by atoms with Crippen molar-refractivity contribution < 1.29 is 17.2 Å². The second kappa shape index (κ2) is 6.81. The molecule has 1 aromatic carbocycles. The van der Waals surface area contributed by atoms with Crippen LogP contribution in [0.1, 0.15) is 26.2 Å². The van der Waals surface area contributed by atoms with Gasteiger partial charge in [0, 0.05) is 19.1 Å². The lowest BCUT2D eigenvalue weighted by molar-refractivity contribution is 0.317. The number of nitrogens with one attached hydrogen (secondary N) is 1. The Morgan fingerprint density at radius 3 is 2.48 bits per heavy atom. The Labute approximate surface area is 124 Å². The van der Waals surface area contributed by atoms with Crippen LogP contribution in [0, 0.1) is 11.6 Å². The molecule has 1 atom stereocenters. The molecule has 118 valence electrons. The van der Waals surface area contributed by atoms with Crippen molar-refractivity contribution >= 4 is 10.0 Å². The van der Waals surface area contributed by atoms with E-state index >= 15 is 0 Å². The largest absolute Gasteiger partial charge is 0.313 e. The van der Waals surface area contributed by atoms with Crippen LogP contribution in [0.25, 0.3) is 0 Å². The van der Waals surface area contributed by atoms with Gasteiger partial charge >= 0.3 is 0 Å². The van der Waals surface area contributed by atoms with Crippen molar-refractivity contribution in [3.05, 3.63) is 29.8 Å². The van der Waals surface area contributed by atoms with E-state index in [0.29, 0.717) is 0 Å². The van der Waals surface area contributed by atoms with Gasteiger partial charge in [0.1, 0.15) is 11.6 Å². The van der Waals surface area contributed by atoms with Crippen molar-refractivity contribution in [2.24, 2.45) is 0 Å². The zero-order valence-electron chi connectivity index (χ0n) is 12.0. The lowest BCUT2D eigenvalue weighted by Crippen LogP contribution is -2.45. The molecule has 1 saturated heterocycles. The monoisotopic (exact) mass is 318 g/mol. The SMILES string of the molecule is CCN(CC1CCCCN1)S(=O)(=O)c1c(F)cccc1F. The maximum Gasteiger partial charge on any atom is 0.248 e. The first-order valence-corrected chi connectivity index (χ1v) is 8.58. The van der Waals surface area contributed by atoms with Gasteiger partial charge in [-0.05, 0) is 31.5 Å². The quantitative estimate of drug-likeness (QED) is 0.905. The zero-order valence-corrected chi connectivity index (χ0v) is 12.8. The van der Waals surface area contributed by atoms with Crippen LogP contribution in [0.2, 0.25) is 0 Å². The van der Waals surface area contributed by atoms with Crippen LogP contribution < -0.4 is 5.32 Å². The number of nitrogens with zero attached hydrogens (tertiary/aromatic N) is 1. The molecule has 1 unspecified atom stereocenters. The highest BCUT2D eigenvalue weighted by Crippen LogP contribution is 2.23. The number of likely N-dealkylation sites (N-methyl/N-ethyl adjacent to an activating group) is 1. The first kappa shape index (κ1) is 16.3. The van der Waals surface area contributed by atoms with E-state index in [9.17, 15) is 17.2 Å². The molecule has 2 rings (SSSR count). The second-order valence-electron chi connectivity index (χ2n) is 5.15. The van der Waals surface area contributed by atoms with Gasteiger partial charge in [-0.15, -0.1) is 0 Å². The van der Waals surface area contributed by atoms with E-state index in [-0.39, 0.29) is 19.1 Å². The standard InChI is InChI=1S/C14H20F2N2O2S/c1-2-18(10-11-6-3-4-9-17-11)21(19,20)14-12(15)7-5-8-13(14)16/h5,7-8,11,17H,2-4,6,9-10H2,1H3. The summed E-state index contributed by atoms with van der Waals surface area (Å²) in [6.07, 6.45) is 2.96. The molecule has 0 bridgehead atoms. The second-order valence-corrected chi connectivity index (χ2v) is 7.03. The number of rotatable bonds is 5. The Bertz CT molecular complexity index is 566. The molecule has 0 aliphatic carbocycles. The summed E-state index contributed by atoms with van der Waals surface area (Å²) < 4.78 is 53.6. The smallest absolute Gasteiger partial charge is 0.248 e. The van der Waals surface area contributed by atoms with Gasteiger partial charge in [0.25, 0.3) is 0 Å². The highest BCUT2D eigenvalue weighted by molar-refractivity contribution is 7.89. The summed E-state index contributed by atoms with van der Waals surface area (Å²) in [5, 5.41) is 3.24. The van der Waals surface area contributed by atoms with Crippen LogP contribution in [0.4, 0.5) is 8.78 Å². The minimum absolute atomic E-state index is 0.0308. The first-order valence-electron chi connectivity index (χ1n) is 7.14. The maximum absolute atomic E-state index is 13.8. The van der Waals surface area contributed by atoms with E-state index in [4.69, 9.17) is 0 Å². The summed E-state index contributed by atoms with van der Waals surface area (Å²) in [6, 6.07) is 3.11. The third kappa shape index (κ3) is 3.59. The fraction of sp³-hybridized carbons (Fsp3) is 0.571. The summed E-state index contributed by atoms with van der Waals surface area (Å²) in [5.41, 5.74) is 0. The van der Waals surface area contributed by atoms with E-state index in [1.807, 2.05) is 0 Å². The van der Waals surface area contributed by atoms with Gasteiger partial charge < -0.3 is 5.32 Å². The predicted octanol–water partition coefficient (Wildman–Crippen LogP) is 2.12. The van der Waals surface area contributed by atoms with E-state index < -0.39 is 26.6 Å². The van der Waals surface area contributed by atoms with E-state index in [1.165, 1.54) is 0 Å². The third-order valence-corrected chi connectivity index (χ3v) is 5.70. The van der Waals surface area contributed by atoms with Crippen LogP contribution >= 0.6 is 0 Å². The molecular weight excluding hydrogens is 298 g/mol. The molecule has 1 heterocycles. The molecule has 0 radical (unpaired) electrons. The fourth-order valence-electron chi connectivity index (χ4n) is 2.58. The molecule has 1 aliphatic rings. The summed E-state index contributed by atoms with van der Waals surface area (Å²) in [5.74, 6) is -2.10. The van der Waals surface area contributed by atoms with E-state index in [1.54, 1.807) is 6.92 Å². The Kier molecular flexibility index (Phi) is 5.29. The number of benzene rings is 1. The lowest BCUT2D eigenvalue weighted by atomic mass is 10.1. The predicted molar refractivity (Wildman–Crippen MR) is 76.4 cm³/mol. The molecule has 1 aromatic rings. The molecular formula is C14H20F2N2O2S. The van der Waals surface area contributed by atoms with Crippen LogP contribution in [0.5, 0.6) is 0 Å². The molecule has 0 spiro atoms. The molecule has 1 aliphatic heterocycles. The van der Waals surface area contributed by atoms with Crippen molar-refractivity contribution in [2.75, 3.05) is 19.6 Å². The number of hydrogen-bond donors (Lipinski definition) is 1. The number of piperidine rings is 1. The average Bonchev–Trinajstić information content (AvgIpc) is 2.45. The van der Waals surface area contributed by atoms with Gasteiger partial charge in [-0.2, -0.15) is 4.31 Å². The van der Waals surface area contributed by atoms with Gasteiger partial charge in [0.05, 0.1) is 0 Å². The molecule has 0 aromatic heterocycles. The first-order chi connectivity index (χ1) is 9.96. The molecule has 0 saturated carbocycles. The van der Waals surface area contributed by atoms with Crippen molar-refractivity contribution in [3.63, 3.8) is 0 Å². The normalized spacial score (nSPS) is 19.9. The summed E-state index contributed by atoms with van der Waals surface area (Å²) >= 11 is 0. The van der Waals surface area contributed by atoms with Gasteiger partial charge in [0.2, 0.25) is 10.0 Å².